The molecule has 1 aromatic carbocycles. The number of hydrogen-bond acceptors (Lipinski definition) is 3. The van der Waals surface area contributed by atoms with Crippen molar-refractivity contribution < 1.29 is 14.3 Å². The van der Waals surface area contributed by atoms with Crippen molar-refractivity contribution in [3.8, 4) is 0 Å². The standard InChI is InChI=1S/C17H24N2O3/c1-16(2,3)13-8-6-12(7-9-13)10-19-14(20)17(4,11-22-5)18-15(19)21/h6-9H,10-11H2,1-5H3,(H,18,21). The molecule has 2 rings (SSSR count). The lowest BCUT2D eigenvalue weighted by molar-refractivity contribution is -0.132. The van der Waals surface area contributed by atoms with Crippen LogP contribution in [0.3, 0.4) is 0 Å². The second-order valence-corrected chi connectivity index (χ2v) is 7.03. The lowest BCUT2D eigenvalue weighted by atomic mass is 9.87. The van der Waals surface area contributed by atoms with E-state index >= 15 is 0 Å². The Morgan fingerprint density at radius 2 is 1.77 bits per heavy atom. The molecule has 1 N–H and O–H groups in total. The first-order valence-corrected chi connectivity index (χ1v) is 7.40. The summed E-state index contributed by atoms with van der Waals surface area (Å²) < 4.78 is 5.04. The number of nitrogens with one attached hydrogen (secondary N) is 1. The van der Waals surface area contributed by atoms with E-state index in [1.54, 1.807) is 6.92 Å². The minimum Gasteiger partial charge on any atom is -0.382 e. The van der Waals surface area contributed by atoms with Crippen molar-refractivity contribution >= 4 is 11.9 Å². The minimum atomic E-state index is -0.975. The van der Waals surface area contributed by atoms with Crippen LogP contribution in [0.5, 0.6) is 0 Å². The zero-order valence-electron chi connectivity index (χ0n) is 13.9. The second-order valence-electron chi connectivity index (χ2n) is 7.03. The predicted molar refractivity (Wildman–Crippen MR) is 84.5 cm³/mol. The van der Waals surface area contributed by atoms with E-state index in [-0.39, 0.29) is 30.5 Å². The summed E-state index contributed by atoms with van der Waals surface area (Å²) in [6.45, 7) is 8.56. The summed E-state index contributed by atoms with van der Waals surface area (Å²) in [5.74, 6) is -0.251. The molecule has 1 fully saturated rings. The summed E-state index contributed by atoms with van der Waals surface area (Å²) in [6, 6.07) is 7.65. The number of benzene rings is 1. The van der Waals surface area contributed by atoms with Crippen molar-refractivity contribution in [2.45, 2.75) is 45.2 Å². The molecular formula is C17H24N2O3. The first kappa shape index (κ1) is 16.5. The van der Waals surface area contributed by atoms with E-state index in [1.165, 1.54) is 17.6 Å². The van der Waals surface area contributed by atoms with E-state index in [4.69, 9.17) is 4.74 Å². The molecule has 1 saturated heterocycles. The summed E-state index contributed by atoms with van der Waals surface area (Å²) in [4.78, 5) is 25.7. The van der Waals surface area contributed by atoms with Crippen molar-refractivity contribution in [2.75, 3.05) is 13.7 Å². The Hall–Kier alpha value is -1.88. The Morgan fingerprint density at radius 1 is 1.18 bits per heavy atom. The molecule has 1 unspecified atom stereocenters. The second kappa shape index (κ2) is 5.72. The van der Waals surface area contributed by atoms with Crippen molar-refractivity contribution in [2.24, 2.45) is 0 Å². The maximum Gasteiger partial charge on any atom is 0.325 e. The fourth-order valence-electron chi connectivity index (χ4n) is 2.57. The van der Waals surface area contributed by atoms with Gasteiger partial charge in [0.25, 0.3) is 5.91 Å². The Labute approximate surface area is 131 Å². The fourth-order valence-corrected chi connectivity index (χ4v) is 2.57. The van der Waals surface area contributed by atoms with Gasteiger partial charge in [0, 0.05) is 7.11 Å². The number of rotatable bonds is 4. The number of hydrogen-bond donors (Lipinski definition) is 1. The molecule has 1 aromatic rings. The highest BCUT2D eigenvalue weighted by Gasteiger charge is 2.47. The van der Waals surface area contributed by atoms with Gasteiger partial charge in [0.05, 0.1) is 13.2 Å². The molecule has 1 aliphatic heterocycles. The van der Waals surface area contributed by atoms with Crippen LogP contribution in [0.15, 0.2) is 24.3 Å². The zero-order valence-corrected chi connectivity index (χ0v) is 13.9. The molecule has 0 saturated carbocycles. The van der Waals surface area contributed by atoms with Crippen LogP contribution in [0.25, 0.3) is 0 Å². The average molecular weight is 304 g/mol. The third-order valence-corrected chi connectivity index (χ3v) is 3.94. The third-order valence-electron chi connectivity index (χ3n) is 3.94. The van der Waals surface area contributed by atoms with Gasteiger partial charge in [-0.3, -0.25) is 9.69 Å². The average Bonchev–Trinajstić information content (AvgIpc) is 2.62. The third kappa shape index (κ3) is 3.14. The SMILES string of the molecule is COCC1(C)NC(=O)N(Cc2ccc(C(C)(C)C)cc2)C1=O. The van der Waals surface area contributed by atoms with Gasteiger partial charge < -0.3 is 10.1 Å². The Morgan fingerprint density at radius 3 is 2.27 bits per heavy atom. The predicted octanol–water partition coefficient (Wildman–Crippen LogP) is 2.44. The summed E-state index contributed by atoms with van der Waals surface area (Å²) in [5, 5.41) is 2.70. The van der Waals surface area contributed by atoms with Crippen LogP contribution in [0, 0.1) is 0 Å². The summed E-state index contributed by atoms with van der Waals surface area (Å²) in [6.07, 6.45) is 0. The molecule has 0 aromatic heterocycles. The molecule has 1 heterocycles. The highest BCUT2D eigenvalue weighted by molar-refractivity contribution is 6.06. The van der Waals surface area contributed by atoms with E-state index in [9.17, 15) is 9.59 Å². The van der Waals surface area contributed by atoms with Crippen LogP contribution in [-0.4, -0.2) is 36.1 Å². The Balaban J connectivity index is 2.14. The first-order valence-electron chi connectivity index (χ1n) is 7.40. The smallest absolute Gasteiger partial charge is 0.325 e. The lowest BCUT2D eigenvalue weighted by Gasteiger charge is -2.21. The zero-order chi connectivity index (χ0) is 16.5. The number of methoxy groups -OCH3 is 1. The number of imide groups is 1. The van der Waals surface area contributed by atoms with Gasteiger partial charge in [-0.05, 0) is 23.5 Å². The molecule has 0 bridgehead atoms. The molecule has 0 radical (unpaired) electrons. The molecule has 22 heavy (non-hydrogen) atoms. The Bertz CT molecular complexity index is 575. The molecule has 0 aliphatic carbocycles. The van der Waals surface area contributed by atoms with E-state index in [0.717, 1.165) is 5.56 Å². The van der Waals surface area contributed by atoms with E-state index < -0.39 is 5.54 Å². The van der Waals surface area contributed by atoms with Crippen LogP contribution in [0.2, 0.25) is 0 Å². The molecule has 3 amide bonds. The molecule has 120 valence electrons. The molecule has 0 spiro atoms. The van der Waals surface area contributed by atoms with Crippen LogP contribution in [0.4, 0.5) is 4.79 Å². The van der Waals surface area contributed by atoms with Crippen molar-refractivity contribution in [3.05, 3.63) is 35.4 Å². The lowest BCUT2D eigenvalue weighted by Crippen LogP contribution is -2.47. The van der Waals surface area contributed by atoms with Gasteiger partial charge >= 0.3 is 6.03 Å². The van der Waals surface area contributed by atoms with E-state index in [2.05, 4.69) is 26.1 Å². The maximum atomic E-state index is 12.4. The summed E-state index contributed by atoms with van der Waals surface area (Å²) in [5.41, 5.74) is 1.25. The van der Waals surface area contributed by atoms with Crippen molar-refractivity contribution in [1.82, 2.24) is 10.2 Å². The summed E-state index contributed by atoms with van der Waals surface area (Å²) >= 11 is 0. The van der Waals surface area contributed by atoms with Crippen LogP contribution < -0.4 is 5.32 Å². The van der Waals surface area contributed by atoms with E-state index in [1.807, 2.05) is 24.3 Å². The van der Waals surface area contributed by atoms with Crippen LogP contribution >= 0.6 is 0 Å². The molecular weight excluding hydrogens is 280 g/mol. The van der Waals surface area contributed by atoms with Gasteiger partial charge in [0.1, 0.15) is 5.54 Å². The maximum absolute atomic E-state index is 12.4. The topological polar surface area (TPSA) is 58.6 Å². The molecule has 1 aliphatic rings. The number of ether oxygens (including phenoxy) is 1. The van der Waals surface area contributed by atoms with Crippen LogP contribution in [0.1, 0.15) is 38.8 Å². The minimum absolute atomic E-state index is 0.0798. The number of amides is 3. The van der Waals surface area contributed by atoms with E-state index in [0.29, 0.717) is 0 Å². The molecule has 1 atom stereocenters. The number of nitrogens with zero attached hydrogens (tertiary/aromatic N) is 1. The van der Waals surface area contributed by atoms with Gasteiger partial charge in [-0.1, -0.05) is 45.0 Å². The highest BCUT2D eigenvalue weighted by Crippen LogP contribution is 2.24. The highest BCUT2D eigenvalue weighted by atomic mass is 16.5. The van der Waals surface area contributed by atoms with Gasteiger partial charge in [0.2, 0.25) is 0 Å². The van der Waals surface area contributed by atoms with Crippen molar-refractivity contribution in [3.63, 3.8) is 0 Å². The van der Waals surface area contributed by atoms with Crippen LogP contribution in [-0.2, 0) is 21.5 Å². The molecule has 5 nitrogen and oxygen atoms in total. The van der Waals surface area contributed by atoms with Gasteiger partial charge in [-0.2, -0.15) is 0 Å². The largest absolute Gasteiger partial charge is 0.382 e. The van der Waals surface area contributed by atoms with Gasteiger partial charge in [0.15, 0.2) is 0 Å². The van der Waals surface area contributed by atoms with Gasteiger partial charge in [-0.25, -0.2) is 4.79 Å². The first-order chi connectivity index (χ1) is 10.2. The number of carbonyl (C=O) groups excluding carboxylic acids is 2. The van der Waals surface area contributed by atoms with Gasteiger partial charge in [-0.15, -0.1) is 0 Å². The molecule has 5 heteroatoms. The monoisotopic (exact) mass is 304 g/mol. The number of carbonyl (C=O) groups is 2. The number of urea groups is 1. The summed E-state index contributed by atoms with van der Waals surface area (Å²) in [7, 11) is 1.51. The van der Waals surface area contributed by atoms with Crippen molar-refractivity contribution in [1.29, 1.82) is 0 Å². The normalized spacial score (nSPS) is 22.1. The quantitative estimate of drug-likeness (QED) is 0.869. The Kier molecular flexibility index (Phi) is 4.29. The fraction of sp³-hybridized carbons (Fsp3) is 0.529.